The number of phenolic OH excluding ortho intramolecular Hbond substituents is 2. The second-order valence-corrected chi connectivity index (χ2v) is 30.5. The Morgan fingerprint density at radius 1 is 0.571 bits per heavy atom. The summed E-state index contributed by atoms with van der Waals surface area (Å²) in [6, 6.07) is 9.65. The molecule has 272 valence electrons. The van der Waals surface area contributed by atoms with Crippen molar-refractivity contribution in [1.29, 1.82) is 0 Å². The Morgan fingerprint density at radius 3 is 1.27 bits per heavy atom. The second-order valence-electron chi connectivity index (χ2n) is 19.1. The molecule has 4 atom stereocenters. The quantitative estimate of drug-likeness (QED) is 0.290. The van der Waals surface area contributed by atoms with Crippen LogP contribution in [0.2, 0.25) is 0 Å². The van der Waals surface area contributed by atoms with Crippen LogP contribution in [0, 0.1) is 0 Å². The van der Waals surface area contributed by atoms with Gasteiger partial charge in [-0.1, -0.05) is 0 Å². The van der Waals surface area contributed by atoms with Gasteiger partial charge in [0.25, 0.3) is 0 Å². The predicted octanol–water partition coefficient (Wildman–Crippen LogP) is 13.4. The van der Waals surface area contributed by atoms with Crippen molar-refractivity contribution in [3.05, 3.63) is 57.6 Å². The van der Waals surface area contributed by atoms with Gasteiger partial charge in [0.05, 0.1) is 0 Å². The van der Waals surface area contributed by atoms with Gasteiger partial charge in [0, 0.05) is 0 Å². The Labute approximate surface area is 310 Å². The molecule has 2 aromatic rings. The van der Waals surface area contributed by atoms with Crippen LogP contribution < -0.4 is 0 Å². The van der Waals surface area contributed by atoms with Gasteiger partial charge in [0.1, 0.15) is 0 Å². The zero-order chi connectivity index (χ0) is 35.2. The van der Waals surface area contributed by atoms with Crippen LogP contribution in [0.15, 0.2) is 24.3 Å². The first-order valence-corrected chi connectivity index (χ1v) is 26.7. The van der Waals surface area contributed by atoms with Gasteiger partial charge in [-0.05, 0) is 0 Å². The zero-order valence-electron chi connectivity index (χ0n) is 32.4. The van der Waals surface area contributed by atoms with Gasteiger partial charge in [-0.3, -0.25) is 0 Å². The number of hydrogen-bond donors (Lipinski definition) is 2. The average Bonchev–Trinajstić information content (AvgIpc) is 3.32. The van der Waals surface area contributed by atoms with Crippen molar-refractivity contribution in [3.8, 4) is 11.5 Å². The molecule has 1 aliphatic heterocycles. The third-order valence-electron chi connectivity index (χ3n) is 13.0. The molecular formula is C44H68O2S2Ti. The van der Waals surface area contributed by atoms with Crippen LogP contribution in [0.1, 0.15) is 192 Å². The molecule has 3 saturated carbocycles. The third kappa shape index (κ3) is 8.34. The summed E-state index contributed by atoms with van der Waals surface area (Å²) in [4.78, 5) is 0. The van der Waals surface area contributed by atoms with Crippen LogP contribution in [0.5, 0.6) is 11.5 Å². The van der Waals surface area contributed by atoms with Gasteiger partial charge >= 0.3 is 313 Å². The van der Waals surface area contributed by atoms with Crippen molar-refractivity contribution >= 4 is 15.9 Å². The van der Waals surface area contributed by atoms with E-state index in [4.69, 9.17) is 0 Å². The van der Waals surface area contributed by atoms with Gasteiger partial charge in [-0.25, -0.2) is 0 Å². The summed E-state index contributed by atoms with van der Waals surface area (Å²) in [5, 5.41) is 25.9. The van der Waals surface area contributed by atoms with E-state index >= 15 is 0 Å². The molecule has 49 heavy (non-hydrogen) atoms. The van der Waals surface area contributed by atoms with E-state index in [1.165, 1.54) is 136 Å². The van der Waals surface area contributed by atoms with Crippen LogP contribution in [-0.2, 0) is 48.6 Å². The molecule has 0 amide bonds. The molecule has 2 N–H and O–H groups in total. The number of hydrogen-bond acceptors (Lipinski definition) is 2. The van der Waals surface area contributed by atoms with E-state index in [2.05, 4.69) is 79.7 Å². The molecule has 3 fully saturated rings. The Morgan fingerprint density at radius 2 is 0.918 bits per heavy atom. The Kier molecular flexibility index (Phi) is 11.7. The fourth-order valence-electron chi connectivity index (χ4n) is 9.53. The van der Waals surface area contributed by atoms with E-state index in [-0.39, 0.29) is 37.1 Å². The summed E-state index contributed by atoms with van der Waals surface area (Å²) in [5.41, 5.74) is 8.13. The van der Waals surface area contributed by atoms with Gasteiger partial charge in [0.15, 0.2) is 0 Å². The fraction of sp³-hybridized carbons (Fsp3) is 0.727. The van der Waals surface area contributed by atoms with Gasteiger partial charge in [0.2, 0.25) is 0 Å². The first-order chi connectivity index (χ1) is 23.1. The van der Waals surface area contributed by atoms with Crippen LogP contribution in [0.25, 0.3) is 0 Å². The van der Waals surface area contributed by atoms with Crippen LogP contribution in [0.3, 0.4) is 0 Å². The number of phenols is 2. The Bertz CT molecular complexity index is 1470. The predicted molar refractivity (Wildman–Crippen MR) is 212 cm³/mol. The molecule has 0 saturated heterocycles. The molecule has 0 bridgehead atoms. The number of rotatable bonds is 6. The van der Waals surface area contributed by atoms with Crippen LogP contribution >= 0.6 is 15.9 Å². The maximum absolute atomic E-state index is 12.2. The molecular weight excluding hydrogens is 672 g/mol. The fourth-order valence-corrected chi connectivity index (χ4v) is 30.4. The van der Waals surface area contributed by atoms with E-state index in [1.54, 1.807) is 0 Å². The van der Waals surface area contributed by atoms with Crippen molar-refractivity contribution in [2.24, 2.45) is 0 Å². The number of aromatic hydroxyl groups is 2. The minimum atomic E-state index is -0.247. The molecule has 2 nitrogen and oxygen atoms in total. The molecule has 6 rings (SSSR count). The Hall–Kier alpha value is -0.546. The number of fused-ring (bicyclic) bond motifs is 1. The molecule has 4 aliphatic rings. The van der Waals surface area contributed by atoms with Crippen LogP contribution in [0.4, 0.5) is 0 Å². The van der Waals surface area contributed by atoms with Crippen molar-refractivity contribution in [1.82, 2.24) is 0 Å². The van der Waals surface area contributed by atoms with Crippen molar-refractivity contribution in [3.63, 3.8) is 0 Å². The maximum atomic E-state index is 12.2. The van der Waals surface area contributed by atoms with E-state index in [9.17, 15) is 10.2 Å². The van der Waals surface area contributed by atoms with Crippen LogP contribution in [-0.4, -0.2) is 20.7 Å². The normalized spacial score (nSPS) is 27.3. The summed E-state index contributed by atoms with van der Waals surface area (Å²) in [6.45, 7) is 19.0. The molecule has 3 aliphatic carbocycles. The summed E-state index contributed by atoms with van der Waals surface area (Å²) in [7, 11) is 0.719. The molecule has 0 spiro atoms. The molecule has 4 unspecified atom stereocenters. The molecule has 2 aromatic carbocycles. The summed E-state index contributed by atoms with van der Waals surface area (Å²) >= 11 is -0.247. The van der Waals surface area contributed by atoms with Gasteiger partial charge < -0.3 is 0 Å². The molecule has 0 radical (unpaired) electrons. The summed E-state index contributed by atoms with van der Waals surface area (Å²) < 4.78 is 0. The average molecular weight is 741 g/mol. The van der Waals surface area contributed by atoms with E-state index in [1.807, 2.05) is 0 Å². The van der Waals surface area contributed by atoms with Crippen molar-refractivity contribution in [2.75, 3.05) is 0 Å². The molecule has 5 heteroatoms. The number of benzene rings is 2. The second kappa shape index (κ2) is 15.1. The SMILES string of the molecule is CC(C)(C)c1cc(C[S]2=[Ti]=[S](Cc3cc(C(C)(C)C)cc(C4(C)CCCCC4)c3O)C3CCCCCCC32)c(O)c(C2(C)CCCCC2)c1. The molecule has 0 aromatic heterocycles. The van der Waals surface area contributed by atoms with E-state index in [0.29, 0.717) is 27.4 Å². The first-order valence-electron chi connectivity index (χ1n) is 20.0. The zero-order valence-corrected chi connectivity index (χ0v) is 35.6. The third-order valence-corrected chi connectivity index (χ3v) is 29.0. The van der Waals surface area contributed by atoms with Crippen molar-refractivity contribution in [2.45, 2.75) is 202 Å². The van der Waals surface area contributed by atoms with Crippen molar-refractivity contribution < 1.29 is 25.7 Å². The molecule has 1 heterocycles. The standard InChI is InChI=1S/C44H68O2S2.Ti/c1-41(2,3)33-25-31(39(45)35(27-33)43(7)21-15-11-16-22-43)29-47-37-19-13-9-10-14-20-38(37)48-30-32-26-34(42(4,5)6)28-36(40(32)46)44(8)23-17-12-18-24-44;/h25-28,37-38,45-46H,9-24,29-30H2,1-8H3;. The topological polar surface area (TPSA) is 40.5 Å². The van der Waals surface area contributed by atoms with Gasteiger partial charge in [-0.2, -0.15) is 0 Å². The van der Waals surface area contributed by atoms with E-state index < -0.39 is 0 Å². The minimum absolute atomic E-state index is 0.0621. The Balaban J connectivity index is 1.44. The summed E-state index contributed by atoms with van der Waals surface area (Å²) in [5.74, 6) is 3.46. The summed E-state index contributed by atoms with van der Waals surface area (Å²) in [6.07, 6.45) is 20.8. The monoisotopic (exact) mass is 740 g/mol. The first kappa shape index (κ1) is 38.2. The van der Waals surface area contributed by atoms with E-state index in [0.717, 1.165) is 22.0 Å². The van der Waals surface area contributed by atoms with Gasteiger partial charge in [-0.15, -0.1) is 0 Å².